The summed E-state index contributed by atoms with van der Waals surface area (Å²) in [6, 6.07) is 7.41. The fraction of sp³-hybridized carbons (Fsp3) is 0.500. The third-order valence-electron chi connectivity index (χ3n) is 2.92. The Morgan fingerprint density at radius 3 is 2.05 bits per heavy atom. The van der Waals surface area contributed by atoms with E-state index in [1.54, 1.807) is 12.1 Å². The topological polar surface area (TPSA) is 58.2 Å². The van der Waals surface area contributed by atoms with Gasteiger partial charge >= 0.3 is 0 Å². The first-order valence-corrected chi connectivity index (χ1v) is 6.90. The number of carbonyl (C=O) groups excluding carboxylic acids is 2. The monoisotopic (exact) mass is 276 g/mol. The zero-order chi connectivity index (χ0) is 15.3. The standard InChI is InChI=1S/C16H24N2O2/c1-11(2)10-14(19)17-18-15(20)12-6-8-13(9-7-12)16(3,4)5/h6-9,11H,10H2,1-5H3,(H,17,19)(H,18,20). The second-order valence-corrected chi connectivity index (χ2v) is 6.43. The smallest absolute Gasteiger partial charge is 0.269 e. The average Bonchev–Trinajstić information content (AvgIpc) is 2.34. The molecule has 0 bridgehead atoms. The zero-order valence-electron chi connectivity index (χ0n) is 12.9. The van der Waals surface area contributed by atoms with Crippen molar-refractivity contribution in [2.45, 2.75) is 46.5 Å². The van der Waals surface area contributed by atoms with Gasteiger partial charge in [-0.05, 0) is 29.0 Å². The van der Waals surface area contributed by atoms with Crippen LogP contribution in [0, 0.1) is 5.92 Å². The van der Waals surface area contributed by atoms with E-state index in [9.17, 15) is 9.59 Å². The van der Waals surface area contributed by atoms with Crippen LogP contribution < -0.4 is 10.9 Å². The molecule has 0 radical (unpaired) electrons. The van der Waals surface area contributed by atoms with Crippen LogP contribution >= 0.6 is 0 Å². The molecule has 4 nitrogen and oxygen atoms in total. The molecule has 0 saturated carbocycles. The van der Waals surface area contributed by atoms with Crippen molar-refractivity contribution in [3.8, 4) is 0 Å². The Bertz CT molecular complexity index is 470. The van der Waals surface area contributed by atoms with Gasteiger partial charge in [0.25, 0.3) is 5.91 Å². The van der Waals surface area contributed by atoms with Gasteiger partial charge in [0.2, 0.25) is 5.91 Å². The summed E-state index contributed by atoms with van der Waals surface area (Å²) >= 11 is 0. The van der Waals surface area contributed by atoms with E-state index in [-0.39, 0.29) is 23.1 Å². The van der Waals surface area contributed by atoms with Crippen LogP contribution in [0.1, 0.15) is 57.0 Å². The highest BCUT2D eigenvalue weighted by atomic mass is 16.2. The molecule has 0 spiro atoms. The maximum Gasteiger partial charge on any atom is 0.269 e. The predicted octanol–water partition coefficient (Wildman–Crippen LogP) is 2.79. The third kappa shape index (κ3) is 5.03. The molecule has 0 saturated heterocycles. The minimum Gasteiger partial charge on any atom is -0.273 e. The molecular formula is C16H24N2O2. The SMILES string of the molecule is CC(C)CC(=O)NNC(=O)c1ccc(C(C)(C)C)cc1. The predicted molar refractivity (Wildman–Crippen MR) is 80.2 cm³/mol. The van der Waals surface area contributed by atoms with Crippen LogP contribution in [0.5, 0.6) is 0 Å². The molecule has 0 heterocycles. The Hall–Kier alpha value is -1.84. The Labute approximate surface area is 120 Å². The summed E-state index contributed by atoms with van der Waals surface area (Å²) in [7, 11) is 0. The first-order valence-electron chi connectivity index (χ1n) is 6.90. The van der Waals surface area contributed by atoms with Gasteiger partial charge in [0.15, 0.2) is 0 Å². The quantitative estimate of drug-likeness (QED) is 0.834. The fourth-order valence-corrected chi connectivity index (χ4v) is 1.74. The number of hydrazine groups is 1. The van der Waals surface area contributed by atoms with Gasteiger partial charge in [-0.1, -0.05) is 46.8 Å². The van der Waals surface area contributed by atoms with Gasteiger partial charge in [-0.2, -0.15) is 0 Å². The summed E-state index contributed by atoms with van der Waals surface area (Å²) in [5, 5.41) is 0. The molecule has 1 aromatic carbocycles. The molecule has 0 aromatic heterocycles. The number of benzene rings is 1. The second kappa shape index (κ2) is 6.55. The zero-order valence-corrected chi connectivity index (χ0v) is 12.9. The highest BCUT2D eigenvalue weighted by Crippen LogP contribution is 2.22. The van der Waals surface area contributed by atoms with Gasteiger partial charge < -0.3 is 0 Å². The van der Waals surface area contributed by atoms with E-state index < -0.39 is 0 Å². The van der Waals surface area contributed by atoms with E-state index in [0.29, 0.717) is 12.0 Å². The van der Waals surface area contributed by atoms with Crippen LogP contribution in [0.25, 0.3) is 0 Å². The molecule has 0 aliphatic carbocycles. The van der Waals surface area contributed by atoms with Crippen LogP contribution in [0.3, 0.4) is 0 Å². The summed E-state index contributed by atoms with van der Waals surface area (Å²) in [5.41, 5.74) is 6.59. The van der Waals surface area contributed by atoms with Crippen LogP contribution in [0.15, 0.2) is 24.3 Å². The number of hydrogen-bond donors (Lipinski definition) is 2. The molecule has 1 rings (SSSR count). The van der Waals surface area contributed by atoms with Crippen molar-refractivity contribution >= 4 is 11.8 Å². The second-order valence-electron chi connectivity index (χ2n) is 6.43. The lowest BCUT2D eigenvalue weighted by atomic mass is 9.87. The number of amides is 2. The molecule has 4 heteroatoms. The average molecular weight is 276 g/mol. The molecule has 110 valence electrons. The Morgan fingerprint density at radius 2 is 1.60 bits per heavy atom. The van der Waals surface area contributed by atoms with Crippen molar-refractivity contribution < 1.29 is 9.59 Å². The van der Waals surface area contributed by atoms with Gasteiger partial charge in [-0.3, -0.25) is 20.4 Å². The van der Waals surface area contributed by atoms with Gasteiger partial charge in [-0.15, -0.1) is 0 Å². The minimum absolute atomic E-state index is 0.0560. The summed E-state index contributed by atoms with van der Waals surface area (Å²) in [5.74, 6) is -0.222. The van der Waals surface area contributed by atoms with Crippen LogP contribution in [-0.4, -0.2) is 11.8 Å². The van der Waals surface area contributed by atoms with E-state index in [1.807, 2.05) is 26.0 Å². The molecule has 0 fully saturated rings. The van der Waals surface area contributed by atoms with Gasteiger partial charge in [0, 0.05) is 12.0 Å². The van der Waals surface area contributed by atoms with Crippen LogP contribution in [0.4, 0.5) is 0 Å². The first-order chi connectivity index (χ1) is 9.20. The van der Waals surface area contributed by atoms with E-state index in [2.05, 4.69) is 31.6 Å². The van der Waals surface area contributed by atoms with Crippen molar-refractivity contribution in [1.82, 2.24) is 10.9 Å². The normalized spacial score (nSPS) is 11.3. The number of carbonyl (C=O) groups is 2. The van der Waals surface area contributed by atoms with Crippen molar-refractivity contribution in [2.24, 2.45) is 5.92 Å². The molecule has 1 aromatic rings. The van der Waals surface area contributed by atoms with E-state index >= 15 is 0 Å². The molecule has 0 atom stereocenters. The maximum atomic E-state index is 11.9. The molecule has 20 heavy (non-hydrogen) atoms. The van der Waals surface area contributed by atoms with Gasteiger partial charge in [0.05, 0.1) is 0 Å². The summed E-state index contributed by atoms with van der Waals surface area (Å²) in [6.45, 7) is 10.3. The van der Waals surface area contributed by atoms with Crippen molar-refractivity contribution in [3.05, 3.63) is 35.4 Å². The van der Waals surface area contributed by atoms with Crippen molar-refractivity contribution in [2.75, 3.05) is 0 Å². The fourth-order valence-electron chi connectivity index (χ4n) is 1.74. The lowest BCUT2D eigenvalue weighted by Crippen LogP contribution is -2.42. The lowest BCUT2D eigenvalue weighted by molar-refractivity contribution is -0.122. The van der Waals surface area contributed by atoms with Crippen molar-refractivity contribution in [1.29, 1.82) is 0 Å². The molecule has 0 aliphatic heterocycles. The number of nitrogens with one attached hydrogen (secondary N) is 2. The maximum absolute atomic E-state index is 11.9. The Morgan fingerprint density at radius 1 is 1.05 bits per heavy atom. The molecule has 2 amide bonds. The summed E-state index contributed by atoms with van der Waals surface area (Å²) < 4.78 is 0. The van der Waals surface area contributed by atoms with Crippen LogP contribution in [0.2, 0.25) is 0 Å². The highest BCUT2D eigenvalue weighted by Gasteiger charge is 2.14. The first kappa shape index (κ1) is 16.2. The van der Waals surface area contributed by atoms with Gasteiger partial charge in [0.1, 0.15) is 0 Å². The van der Waals surface area contributed by atoms with Crippen molar-refractivity contribution in [3.63, 3.8) is 0 Å². The summed E-state index contributed by atoms with van der Waals surface area (Å²) in [6.07, 6.45) is 0.392. The van der Waals surface area contributed by atoms with Gasteiger partial charge in [-0.25, -0.2) is 0 Å². The van der Waals surface area contributed by atoms with Crippen LogP contribution in [-0.2, 0) is 10.2 Å². The largest absolute Gasteiger partial charge is 0.273 e. The van der Waals surface area contributed by atoms with E-state index in [1.165, 1.54) is 0 Å². The lowest BCUT2D eigenvalue weighted by Gasteiger charge is -2.19. The van der Waals surface area contributed by atoms with E-state index in [0.717, 1.165) is 5.56 Å². The number of rotatable bonds is 3. The minimum atomic E-state index is -0.303. The third-order valence-corrected chi connectivity index (χ3v) is 2.92. The Balaban J connectivity index is 2.58. The molecular weight excluding hydrogens is 252 g/mol. The number of hydrogen-bond acceptors (Lipinski definition) is 2. The Kier molecular flexibility index (Phi) is 5.31. The molecule has 0 unspecified atom stereocenters. The van der Waals surface area contributed by atoms with E-state index in [4.69, 9.17) is 0 Å². The molecule has 2 N–H and O–H groups in total. The summed E-state index contributed by atoms with van der Waals surface area (Å²) in [4.78, 5) is 23.3. The highest BCUT2D eigenvalue weighted by molar-refractivity contribution is 5.95. The molecule has 0 aliphatic rings.